The summed E-state index contributed by atoms with van der Waals surface area (Å²) in [4.78, 5) is 14.4. The van der Waals surface area contributed by atoms with E-state index in [2.05, 4.69) is 10.3 Å². The van der Waals surface area contributed by atoms with E-state index in [1.807, 2.05) is 23.9 Å². The Bertz CT molecular complexity index is 672. The van der Waals surface area contributed by atoms with Gasteiger partial charge in [0.25, 0.3) is 5.69 Å². The van der Waals surface area contributed by atoms with Gasteiger partial charge in [-0.2, -0.15) is 5.26 Å². The molecule has 0 bridgehead atoms. The molecule has 0 aliphatic heterocycles. The number of hydrogen-bond acceptors (Lipinski definition) is 5. The molecular formula is C13H13N5O2. The Balaban J connectivity index is 2.02. The Morgan fingerprint density at radius 3 is 2.95 bits per heavy atom. The zero-order chi connectivity index (χ0) is 14.5. The van der Waals surface area contributed by atoms with E-state index in [9.17, 15) is 10.1 Å². The van der Waals surface area contributed by atoms with Crippen molar-refractivity contribution in [3.05, 3.63) is 52.1 Å². The number of aryl methyl sites for hydroxylation is 1. The molecule has 7 heteroatoms. The van der Waals surface area contributed by atoms with Crippen molar-refractivity contribution >= 4 is 11.4 Å². The fourth-order valence-corrected chi connectivity index (χ4v) is 1.85. The molecule has 1 N–H and O–H groups in total. The van der Waals surface area contributed by atoms with Gasteiger partial charge in [0.15, 0.2) is 0 Å². The van der Waals surface area contributed by atoms with Crippen LogP contribution in [0.4, 0.5) is 11.4 Å². The maximum Gasteiger partial charge on any atom is 0.287 e. The van der Waals surface area contributed by atoms with Gasteiger partial charge in [-0.05, 0) is 12.1 Å². The summed E-state index contributed by atoms with van der Waals surface area (Å²) in [7, 11) is 1.92. The van der Waals surface area contributed by atoms with E-state index in [4.69, 9.17) is 5.26 Å². The molecule has 0 amide bonds. The molecule has 0 atom stereocenters. The lowest BCUT2D eigenvalue weighted by atomic mass is 10.1. The molecule has 0 unspecified atom stereocenters. The maximum absolute atomic E-state index is 10.7. The van der Waals surface area contributed by atoms with E-state index < -0.39 is 4.92 Å². The topological polar surface area (TPSA) is 96.8 Å². The van der Waals surface area contributed by atoms with Gasteiger partial charge in [-0.15, -0.1) is 0 Å². The van der Waals surface area contributed by atoms with Crippen molar-refractivity contribution in [2.45, 2.75) is 6.42 Å². The number of nitrogens with one attached hydrogen (secondary N) is 1. The average Bonchev–Trinajstić information content (AvgIpc) is 2.84. The molecule has 0 fully saturated rings. The number of nitro groups is 1. The molecule has 1 aromatic carbocycles. The van der Waals surface area contributed by atoms with Crippen molar-refractivity contribution in [1.82, 2.24) is 9.55 Å². The van der Waals surface area contributed by atoms with Gasteiger partial charge >= 0.3 is 0 Å². The van der Waals surface area contributed by atoms with Crippen molar-refractivity contribution < 1.29 is 4.92 Å². The normalized spacial score (nSPS) is 10.0. The Hall–Kier alpha value is -2.88. The minimum absolute atomic E-state index is 0.0528. The standard InChI is InChI=1S/C13H13N5O2/c1-17-7-6-16-13(17)4-5-15-11-2-3-12(18(19)20)10(8-11)9-14/h2-3,6-8,15H,4-5H2,1H3. The Labute approximate surface area is 115 Å². The quantitative estimate of drug-likeness (QED) is 0.661. The SMILES string of the molecule is Cn1ccnc1CCNc1ccc([N+](=O)[O-])c(C#N)c1. The Kier molecular flexibility index (Phi) is 3.96. The van der Waals surface area contributed by atoms with Crippen LogP contribution < -0.4 is 5.32 Å². The number of anilines is 1. The van der Waals surface area contributed by atoms with Crippen LogP contribution in [0.1, 0.15) is 11.4 Å². The number of benzene rings is 1. The number of imidazole rings is 1. The number of hydrogen-bond donors (Lipinski definition) is 1. The van der Waals surface area contributed by atoms with Crippen LogP contribution in [0.2, 0.25) is 0 Å². The van der Waals surface area contributed by atoms with Crippen molar-refractivity contribution in [2.24, 2.45) is 7.05 Å². The lowest BCUT2D eigenvalue weighted by Crippen LogP contribution is -2.08. The summed E-state index contributed by atoms with van der Waals surface area (Å²) in [6.45, 7) is 0.632. The van der Waals surface area contributed by atoms with Gasteiger partial charge in [0.2, 0.25) is 0 Å². The molecule has 2 rings (SSSR count). The van der Waals surface area contributed by atoms with Gasteiger partial charge in [0.1, 0.15) is 17.5 Å². The van der Waals surface area contributed by atoms with Crippen LogP contribution in [0.3, 0.4) is 0 Å². The Morgan fingerprint density at radius 2 is 2.35 bits per heavy atom. The molecular weight excluding hydrogens is 258 g/mol. The predicted octanol–water partition coefficient (Wildman–Crippen LogP) is 1.85. The number of nitro benzene ring substituents is 1. The minimum atomic E-state index is -0.559. The first kappa shape index (κ1) is 13.5. The molecule has 0 radical (unpaired) electrons. The third-order valence-corrected chi connectivity index (χ3v) is 2.91. The molecule has 0 spiro atoms. The Morgan fingerprint density at radius 1 is 1.55 bits per heavy atom. The predicted molar refractivity (Wildman–Crippen MR) is 73.2 cm³/mol. The number of nitriles is 1. The summed E-state index contributed by atoms with van der Waals surface area (Å²) in [5.74, 6) is 0.944. The first-order chi connectivity index (χ1) is 9.61. The summed E-state index contributed by atoms with van der Waals surface area (Å²) in [6.07, 6.45) is 4.33. The van der Waals surface area contributed by atoms with Crippen molar-refractivity contribution in [2.75, 3.05) is 11.9 Å². The van der Waals surface area contributed by atoms with E-state index in [0.29, 0.717) is 12.2 Å². The van der Waals surface area contributed by atoms with Gasteiger partial charge in [-0.25, -0.2) is 4.98 Å². The zero-order valence-corrected chi connectivity index (χ0v) is 10.9. The monoisotopic (exact) mass is 271 g/mol. The van der Waals surface area contributed by atoms with Crippen LogP contribution in [0.5, 0.6) is 0 Å². The van der Waals surface area contributed by atoms with E-state index in [-0.39, 0.29) is 11.3 Å². The van der Waals surface area contributed by atoms with Crippen molar-refractivity contribution in [1.29, 1.82) is 5.26 Å². The third kappa shape index (κ3) is 2.92. The highest BCUT2D eigenvalue weighted by Crippen LogP contribution is 2.21. The van der Waals surface area contributed by atoms with Crippen LogP contribution in [-0.4, -0.2) is 21.0 Å². The second-order valence-electron chi connectivity index (χ2n) is 4.23. The van der Waals surface area contributed by atoms with Crippen LogP contribution in [0, 0.1) is 21.4 Å². The van der Waals surface area contributed by atoms with Gasteiger partial charge in [-0.3, -0.25) is 10.1 Å². The highest BCUT2D eigenvalue weighted by molar-refractivity contribution is 5.58. The number of aromatic nitrogens is 2. The average molecular weight is 271 g/mol. The molecule has 102 valence electrons. The lowest BCUT2D eigenvalue weighted by Gasteiger charge is -2.07. The van der Waals surface area contributed by atoms with Gasteiger partial charge in [-0.1, -0.05) is 0 Å². The van der Waals surface area contributed by atoms with Crippen molar-refractivity contribution in [3.63, 3.8) is 0 Å². The van der Waals surface area contributed by atoms with Crippen molar-refractivity contribution in [3.8, 4) is 6.07 Å². The molecule has 0 aliphatic rings. The second kappa shape index (κ2) is 5.84. The summed E-state index contributed by atoms with van der Waals surface area (Å²) < 4.78 is 1.93. The number of rotatable bonds is 5. The zero-order valence-electron chi connectivity index (χ0n) is 10.9. The van der Waals surface area contributed by atoms with Crippen LogP contribution in [-0.2, 0) is 13.5 Å². The molecule has 7 nitrogen and oxygen atoms in total. The highest BCUT2D eigenvalue weighted by atomic mass is 16.6. The van der Waals surface area contributed by atoms with Crippen LogP contribution in [0.15, 0.2) is 30.6 Å². The molecule has 1 heterocycles. The smallest absolute Gasteiger partial charge is 0.287 e. The first-order valence-corrected chi connectivity index (χ1v) is 6.00. The summed E-state index contributed by atoms with van der Waals surface area (Å²) in [6, 6.07) is 6.24. The van der Waals surface area contributed by atoms with Gasteiger partial charge in [0.05, 0.1) is 4.92 Å². The third-order valence-electron chi connectivity index (χ3n) is 2.91. The maximum atomic E-state index is 10.7. The summed E-state index contributed by atoms with van der Waals surface area (Å²) in [5.41, 5.74) is 0.556. The fraction of sp³-hybridized carbons (Fsp3) is 0.231. The van der Waals surface area contributed by atoms with E-state index >= 15 is 0 Å². The fourth-order valence-electron chi connectivity index (χ4n) is 1.85. The van der Waals surface area contributed by atoms with E-state index in [1.54, 1.807) is 12.3 Å². The van der Waals surface area contributed by atoms with E-state index in [1.165, 1.54) is 12.1 Å². The molecule has 2 aromatic rings. The molecule has 1 aromatic heterocycles. The summed E-state index contributed by atoms with van der Waals surface area (Å²) >= 11 is 0. The van der Waals surface area contributed by atoms with Gasteiger partial charge < -0.3 is 9.88 Å². The van der Waals surface area contributed by atoms with Crippen LogP contribution >= 0.6 is 0 Å². The van der Waals surface area contributed by atoms with E-state index in [0.717, 1.165) is 12.2 Å². The van der Waals surface area contributed by atoms with Crippen LogP contribution in [0.25, 0.3) is 0 Å². The largest absolute Gasteiger partial charge is 0.385 e. The molecule has 20 heavy (non-hydrogen) atoms. The lowest BCUT2D eigenvalue weighted by molar-refractivity contribution is -0.385. The second-order valence-corrected chi connectivity index (χ2v) is 4.23. The summed E-state index contributed by atoms with van der Waals surface area (Å²) in [5, 5.41) is 22.8. The highest BCUT2D eigenvalue weighted by Gasteiger charge is 2.13. The minimum Gasteiger partial charge on any atom is -0.385 e. The number of nitrogens with zero attached hydrogens (tertiary/aromatic N) is 4. The molecule has 0 saturated carbocycles. The molecule has 0 saturated heterocycles. The first-order valence-electron chi connectivity index (χ1n) is 6.00. The molecule has 0 aliphatic carbocycles. The van der Waals surface area contributed by atoms with Gasteiger partial charge in [0, 0.05) is 44.2 Å².